The van der Waals surface area contributed by atoms with E-state index in [1.165, 1.54) is 18.4 Å². The Hall–Kier alpha value is -4.25. The molecule has 3 aromatic heterocycles. The smallest absolute Gasteiger partial charge is 0.407 e. The van der Waals surface area contributed by atoms with E-state index in [1.807, 2.05) is 41.3 Å². The van der Waals surface area contributed by atoms with Crippen molar-refractivity contribution in [3.63, 3.8) is 0 Å². The molecule has 0 bridgehead atoms. The molecule has 0 aliphatic rings. The van der Waals surface area contributed by atoms with Crippen LogP contribution in [-0.2, 0) is 31.1 Å². The number of benzene rings is 1. The van der Waals surface area contributed by atoms with E-state index in [4.69, 9.17) is 10.7 Å². The van der Waals surface area contributed by atoms with Crippen LogP contribution in [0, 0.1) is 0 Å². The molecule has 3 heterocycles. The first-order valence-corrected chi connectivity index (χ1v) is 12.6. The second kappa shape index (κ2) is 11.7. The molecule has 1 aromatic carbocycles. The fourth-order valence-electron chi connectivity index (χ4n) is 3.94. The zero-order valence-electron chi connectivity index (χ0n) is 20.6. The van der Waals surface area contributed by atoms with Crippen molar-refractivity contribution in [2.45, 2.75) is 31.3 Å². The Morgan fingerprint density at radius 3 is 2.46 bits per heavy atom. The van der Waals surface area contributed by atoms with Crippen LogP contribution in [0.15, 0.2) is 66.7 Å². The Labute approximate surface area is 218 Å². The number of nitrogens with two attached hydrogens (primary N) is 1. The topological polar surface area (TPSA) is 139 Å². The van der Waals surface area contributed by atoms with E-state index in [-0.39, 0.29) is 6.42 Å². The van der Waals surface area contributed by atoms with E-state index in [2.05, 4.69) is 15.3 Å². The third-order valence-electron chi connectivity index (χ3n) is 6.16. The number of imidazole rings is 1. The van der Waals surface area contributed by atoms with Gasteiger partial charge in [-0.05, 0) is 41.8 Å². The van der Waals surface area contributed by atoms with Crippen molar-refractivity contribution in [2.24, 2.45) is 7.05 Å². The van der Waals surface area contributed by atoms with Crippen LogP contribution in [0.3, 0.4) is 0 Å². The molecule has 4 rings (SSSR count). The molecule has 0 aliphatic heterocycles. The maximum atomic E-state index is 13.5. The van der Waals surface area contributed by atoms with E-state index < -0.39 is 24.1 Å². The number of carbonyl (C=O) groups is 2. The Balaban J connectivity index is 1.59. The number of rotatable bonds is 10. The highest BCUT2D eigenvalue weighted by Gasteiger charge is 2.30. The number of carboxylic acid groups (broad SMARTS) is 1. The predicted octanol–water partition coefficient (Wildman–Crippen LogP) is 3.07. The minimum Gasteiger partial charge on any atom is -0.465 e. The number of thiazole rings is 1. The average molecular weight is 520 g/mol. The second-order valence-electron chi connectivity index (χ2n) is 8.81. The van der Waals surface area contributed by atoms with Crippen molar-refractivity contribution in [3.8, 4) is 0 Å². The number of hydrogen-bond acceptors (Lipinski definition) is 7. The third kappa shape index (κ3) is 6.70. The van der Waals surface area contributed by atoms with Crippen molar-refractivity contribution in [1.82, 2.24) is 29.7 Å². The zero-order chi connectivity index (χ0) is 26.4. The second-order valence-corrected chi connectivity index (χ2v) is 9.76. The molecule has 192 valence electrons. The van der Waals surface area contributed by atoms with Gasteiger partial charge in [-0.15, -0.1) is 11.3 Å². The molecule has 2 atom stereocenters. The van der Waals surface area contributed by atoms with Crippen molar-refractivity contribution in [3.05, 3.63) is 94.2 Å². The van der Waals surface area contributed by atoms with E-state index >= 15 is 0 Å². The van der Waals surface area contributed by atoms with Crippen LogP contribution < -0.4 is 11.1 Å². The molecule has 10 nitrogen and oxygen atoms in total. The fourth-order valence-corrected chi connectivity index (χ4v) is 4.81. The van der Waals surface area contributed by atoms with Gasteiger partial charge in [0.05, 0.1) is 23.1 Å². The molecule has 4 N–H and O–H groups in total. The number of likely N-dealkylation sites (N-methyl/N-ethyl adjacent to an activating group) is 1. The monoisotopic (exact) mass is 519 g/mol. The lowest BCUT2D eigenvalue weighted by atomic mass is 10.0. The first kappa shape index (κ1) is 25.8. The Morgan fingerprint density at radius 1 is 1.11 bits per heavy atom. The van der Waals surface area contributed by atoms with Gasteiger partial charge in [0.2, 0.25) is 5.91 Å². The summed E-state index contributed by atoms with van der Waals surface area (Å²) in [5, 5.41) is 15.5. The average Bonchev–Trinajstić information content (AvgIpc) is 3.52. The van der Waals surface area contributed by atoms with Crippen molar-refractivity contribution < 1.29 is 14.7 Å². The molecule has 0 spiro atoms. The lowest BCUT2D eigenvalue weighted by Gasteiger charge is -2.27. The fraction of sp³-hybridized carbons (Fsp3) is 0.269. The summed E-state index contributed by atoms with van der Waals surface area (Å²) in [6.07, 6.45) is 6.92. The van der Waals surface area contributed by atoms with Gasteiger partial charge in [-0.3, -0.25) is 14.7 Å². The van der Waals surface area contributed by atoms with Crippen molar-refractivity contribution in [1.29, 1.82) is 0 Å². The number of pyridine rings is 1. The van der Waals surface area contributed by atoms with Gasteiger partial charge < -0.3 is 20.7 Å². The molecule has 37 heavy (non-hydrogen) atoms. The summed E-state index contributed by atoms with van der Waals surface area (Å²) < 4.78 is 1.94. The van der Waals surface area contributed by atoms with Crippen LogP contribution >= 0.6 is 11.3 Å². The summed E-state index contributed by atoms with van der Waals surface area (Å²) in [7, 11) is 3.33. The summed E-state index contributed by atoms with van der Waals surface area (Å²) in [5.41, 5.74) is 10.0. The first-order valence-electron chi connectivity index (χ1n) is 11.7. The molecule has 0 saturated heterocycles. The maximum absolute atomic E-state index is 13.5. The molecule has 11 heteroatoms. The number of nitrogens with zero attached hydrogens (tertiary/aromatic N) is 5. The standard InChI is InChI=1S/C26H29N7O3S/c1-32-16-29-14-20(32)13-24-30-22(15-37-24)21(11-17-3-5-19(27)6-4-17)31-25(34)23(33(2)26(35)36)12-18-7-9-28-10-8-18/h3-10,14-16,21,23H,11-13,27H2,1-2H3,(H,31,34)(H,35,36)/t21-,23-/m0/s1. The minimum absolute atomic E-state index is 0.217. The summed E-state index contributed by atoms with van der Waals surface area (Å²) in [4.78, 5) is 39.4. The molecule has 0 fully saturated rings. The highest BCUT2D eigenvalue weighted by molar-refractivity contribution is 7.09. The summed E-state index contributed by atoms with van der Waals surface area (Å²) in [6, 6.07) is 9.60. The van der Waals surface area contributed by atoms with Gasteiger partial charge in [-0.2, -0.15) is 0 Å². The Bertz CT molecular complexity index is 1340. The van der Waals surface area contributed by atoms with Gasteiger partial charge in [-0.25, -0.2) is 14.8 Å². The quantitative estimate of drug-likeness (QED) is 0.274. The Morgan fingerprint density at radius 2 is 1.81 bits per heavy atom. The number of hydrogen-bond donors (Lipinski definition) is 3. The Kier molecular flexibility index (Phi) is 8.14. The number of carbonyl (C=O) groups excluding carboxylic acids is 1. The number of nitrogen functional groups attached to an aromatic ring is 1. The molecule has 4 aromatic rings. The van der Waals surface area contributed by atoms with Gasteiger partial charge in [0.15, 0.2) is 0 Å². The third-order valence-corrected chi connectivity index (χ3v) is 7.03. The van der Waals surface area contributed by atoms with Crippen LogP contribution in [0.25, 0.3) is 0 Å². The lowest BCUT2D eigenvalue weighted by Crippen LogP contribution is -2.49. The normalized spacial score (nSPS) is 12.6. The minimum atomic E-state index is -1.18. The van der Waals surface area contributed by atoms with Gasteiger partial charge in [0, 0.05) is 62.3 Å². The summed E-state index contributed by atoms with van der Waals surface area (Å²) >= 11 is 1.51. The number of amides is 2. The number of aryl methyl sites for hydroxylation is 1. The van der Waals surface area contributed by atoms with Crippen molar-refractivity contribution in [2.75, 3.05) is 12.8 Å². The lowest BCUT2D eigenvalue weighted by molar-refractivity contribution is -0.126. The van der Waals surface area contributed by atoms with Crippen LogP contribution in [0.5, 0.6) is 0 Å². The maximum Gasteiger partial charge on any atom is 0.407 e. The van der Waals surface area contributed by atoms with Crippen LogP contribution in [0.4, 0.5) is 10.5 Å². The molecule has 0 saturated carbocycles. The summed E-state index contributed by atoms with van der Waals surface area (Å²) in [5.74, 6) is -0.400. The van der Waals surface area contributed by atoms with E-state index in [1.54, 1.807) is 37.1 Å². The van der Waals surface area contributed by atoms with Crippen LogP contribution in [0.1, 0.15) is 33.6 Å². The largest absolute Gasteiger partial charge is 0.465 e. The number of aromatic nitrogens is 4. The first-order chi connectivity index (χ1) is 17.8. The van der Waals surface area contributed by atoms with E-state index in [0.717, 1.165) is 26.7 Å². The molecule has 0 radical (unpaired) electrons. The molecule has 0 aliphatic carbocycles. The summed E-state index contributed by atoms with van der Waals surface area (Å²) in [6.45, 7) is 0. The zero-order valence-corrected chi connectivity index (χ0v) is 21.4. The van der Waals surface area contributed by atoms with Crippen molar-refractivity contribution >= 4 is 29.0 Å². The van der Waals surface area contributed by atoms with E-state index in [0.29, 0.717) is 24.2 Å². The molecule has 0 unspecified atom stereocenters. The SMILES string of the molecule is CN(C(=O)O)[C@@H](Cc1ccncc1)C(=O)N[C@@H](Cc1ccc(N)cc1)c1csc(Cc2cncn2C)n1. The van der Waals surface area contributed by atoms with Gasteiger partial charge >= 0.3 is 6.09 Å². The predicted molar refractivity (Wildman–Crippen MR) is 141 cm³/mol. The number of anilines is 1. The molecular weight excluding hydrogens is 490 g/mol. The highest BCUT2D eigenvalue weighted by Crippen LogP contribution is 2.24. The number of nitrogens with one attached hydrogen (secondary N) is 1. The van der Waals surface area contributed by atoms with Crippen LogP contribution in [-0.4, -0.2) is 54.6 Å². The highest BCUT2D eigenvalue weighted by atomic mass is 32.1. The van der Waals surface area contributed by atoms with Gasteiger partial charge in [0.1, 0.15) is 6.04 Å². The molecule has 2 amide bonds. The van der Waals surface area contributed by atoms with Gasteiger partial charge in [-0.1, -0.05) is 12.1 Å². The van der Waals surface area contributed by atoms with E-state index in [9.17, 15) is 14.7 Å². The van der Waals surface area contributed by atoms with Crippen LogP contribution in [0.2, 0.25) is 0 Å². The molecular formula is C26H29N7O3S. The van der Waals surface area contributed by atoms with Gasteiger partial charge in [0.25, 0.3) is 0 Å².